The maximum absolute atomic E-state index is 3.36. The molecule has 0 aromatic rings. The van der Waals surface area contributed by atoms with Gasteiger partial charge in [-0.25, -0.2) is 0 Å². The van der Waals surface area contributed by atoms with Gasteiger partial charge >= 0.3 is 0 Å². The number of hydrogen-bond acceptors (Lipinski definition) is 4. The van der Waals surface area contributed by atoms with Crippen LogP contribution in [0.4, 0.5) is 0 Å². The zero-order valence-corrected chi connectivity index (χ0v) is 10.3. The summed E-state index contributed by atoms with van der Waals surface area (Å²) < 4.78 is 0. The Morgan fingerprint density at radius 3 is 0.692 bits per heavy atom. The molecule has 0 atom stereocenters. The van der Waals surface area contributed by atoms with Gasteiger partial charge in [-0.05, 0) is 0 Å². The third kappa shape index (κ3) is 9.47. The molecule has 1 saturated heterocycles. The second-order valence-electron chi connectivity index (χ2n) is 3.00. The summed E-state index contributed by atoms with van der Waals surface area (Å²) in [5.74, 6) is 0. The molecular weight excluding hydrogens is 309 g/mol. The van der Waals surface area contributed by atoms with Crippen LogP contribution in [0.3, 0.4) is 0 Å². The van der Waals surface area contributed by atoms with Crippen LogP contribution >= 0.6 is 0 Å². The minimum atomic E-state index is 0. The molecule has 0 aromatic carbocycles. The minimum absolute atomic E-state index is 0. The monoisotopic (exact) mass is 330 g/mol. The van der Waals surface area contributed by atoms with Gasteiger partial charge in [0.25, 0.3) is 0 Å². The van der Waals surface area contributed by atoms with Crippen molar-refractivity contribution in [2.75, 3.05) is 52.4 Å². The van der Waals surface area contributed by atoms with Crippen molar-refractivity contribution in [3.05, 3.63) is 0 Å². The fourth-order valence-corrected chi connectivity index (χ4v) is 1.21. The fraction of sp³-hybridized carbons (Fsp3) is 1.00. The van der Waals surface area contributed by atoms with E-state index >= 15 is 0 Å². The third-order valence-electron chi connectivity index (χ3n) is 1.91. The van der Waals surface area contributed by atoms with E-state index in [9.17, 15) is 0 Å². The van der Waals surface area contributed by atoms with Crippen LogP contribution in [0.1, 0.15) is 0 Å². The molecule has 0 saturated carbocycles. The molecule has 1 rings (SSSR count). The van der Waals surface area contributed by atoms with Gasteiger partial charge in [-0.1, -0.05) is 0 Å². The topological polar surface area (TPSA) is 48.1 Å². The van der Waals surface area contributed by atoms with Crippen LogP contribution in [0.2, 0.25) is 0 Å². The average Bonchev–Trinajstić information content (AvgIpc) is 2.05. The molecule has 4 N–H and O–H groups in total. The molecule has 13 heavy (non-hydrogen) atoms. The molecule has 1 fully saturated rings. The van der Waals surface area contributed by atoms with Crippen LogP contribution in [0.15, 0.2) is 0 Å². The van der Waals surface area contributed by atoms with E-state index < -0.39 is 0 Å². The van der Waals surface area contributed by atoms with Crippen molar-refractivity contribution in [3.63, 3.8) is 0 Å². The molecule has 0 amide bonds. The predicted molar refractivity (Wildman–Crippen MR) is 51.5 cm³/mol. The molecule has 1 aliphatic heterocycles. The number of hydrogen-bond donors (Lipinski definition) is 4. The van der Waals surface area contributed by atoms with Gasteiger partial charge in [0.1, 0.15) is 0 Å². The first-order valence-electron chi connectivity index (χ1n) is 4.83. The van der Waals surface area contributed by atoms with Gasteiger partial charge in [0.05, 0.1) is 0 Å². The summed E-state index contributed by atoms with van der Waals surface area (Å²) >= 11 is 0. The molecule has 0 aromatic heterocycles. The molecule has 0 bridgehead atoms. The van der Waals surface area contributed by atoms with Crippen molar-refractivity contribution < 1.29 is 39.9 Å². The van der Waals surface area contributed by atoms with Crippen molar-refractivity contribution in [3.8, 4) is 0 Å². The van der Waals surface area contributed by atoms with E-state index in [2.05, 4.69) is 21.3 Å². The Morgan fingerprint density at radius 1 is 0.385 bits per heavy atom. The molecule has 4 nitrogen and oxygen atoms in total. The van der Waals surface area contributed by atoms with Crippen LogP contribution in [0.5, 0.6) is 0 Å². The molecule has 1 aliphatic rings. The largest absolute Gasteiger partial charge is 0.314 e. The Labute approximate surface area is 113 Å². The van der Waals surface area contributed by atoms with Gasteiger partial charge in [0, 0.05) is 92.3 Å². The Hall–Kier alpha value is 1.16. The summed E-state index contributed by atoms with van der Waals surface area (Å²) in [4.78, 5) is 0. The van der Waals surface area contributed by atoms with E-state index in [0.29, 0.717) is 0 Å². The second-order valence-corrected chi connectivity index (χ2v) is 3.00. The molecular formula is C8H20GdN4. The van der Waals surface area contributed by atoms with Crippen LogP contribution in [0, 0.1) is 39.9 Å². The average molecular weight is 330 g/mol. The smallest absolute Gasteiger partial charge is 0.00772 e. The van der Waals surface area contributed by atoms with Gasteiger partial charge in [-0.15, -0.1) is 0 Å². The number of rotatable bonds is 0. The molecule has 5 heteroatoms. The zero-order valence-electron chi connectivity index (χ0n) is 8.01. The molecule has 80 valence electrons. The standard InChI is InChI=1S/C8H20N4.Gd/c1-2-10-5-6-12-8-7-11-4-3-9-1;/h9-12H,1-8H2;. The zero-order chi connectivity index (χ0) is 8.49. The van der Waals surface area contributed by atoms with Crippen LogP contribution < -0.4 is 21.3 Å². The van der Waals surface area contributed by atoms with Crippen molar-refractivity contribution in [1.29, 1.82) is 0 Å². The van der Waals surface area contributed by atoms with Gasteiger partial charge in [0.15, 0.2) is 0 Å². The minimum Gasteiger partial charge on any atom is -0.314 e. The molecule has 0 unspecified atom stereocenters. The summed E-state index contributed by atoms with van der Waals surface area (Å²) in [7, 11) is 0. The Morgan fingerprint density at radius 2 is 0.538 bits per heavy atom. The van der Waals surface area contributed by atoms with Crippen LogP contribution in [-0.4, -0.2) is 52.4 Å². The van der Waals surface area contributed by atoms with E-state index in [4.69, 9.17) is 0 Å². The van der Waals surface area contributed by atoms with Gasteiger partial charge < -0.3 is 21.3 Å². The first-order valence-corrected chi connectivity index (χ1v) is 4.83. The van der Waals surface area contributed by atoms with Gasteiger partial charge in [0.2, 0.25) is 0 Å². The summed E-state index contributed by atoms with van der Waals surface area (Å²) in [5, 5.41) is 13.4. The Kier molecular flexibility index (Phi) is 12.2. The van der Waals surface area contributed by atoms with Gasteiger partial charge in [-0.2, -0.15) is 0 Å². The Bertz CT molecular complexity index is 59.1. The molecule has 0 spiro atoms. The van der Waals surface area contributed by atoms with Crippen LogP contribution in [-0.2, 0) is 0 Å². The van der Waals surface area contributed by atoms with E-state index in [-0.39, 0.29) is 39.9 Å². The third-order valence-corrected chi connectivity index (χ3v) is 1.91. The van der Waals surface area contributed by atoms with E-state index in [1.54, 1.807) is 0 Å². The normalized spacial score (nSPS) is 22.2. The predicted octanol–water partition coefficient (Wildman–Crippen LogP) is -1.64. The second kappa shape index (κ2) is 11.2. The Balaban J connectivity index is 0.00000144. The fourth-order valence-electron chi connectivity index (χ4n) is 1.21. The maximum atomic E-state index is 3.36. The van der Waals surface area contributed by atoms with E-state index in [1.165, 1.54) is 0 Å². The number of nitrogens with one attached hydrogen (secondary N) is 4. The van der Waals surface area contributed by atoms with Crippen LogP contribution in [0.25, 0.3) is 0 Å². The molecule has 0 aliphatic carbocycles. The summed E-state index contributed by atoms with van der Waals surface area (Å²) in [6, 6.07) is 0. The maximum Gasteiger partial charge on any atom is 0.00772 e. The van der Waals surface area contributed by atoms with Gasteiger partial charge in [-0.3, -0.25) is 0 Å². The van der Waals surface area contributed by atoms with E-state index in [1.807, 2.05) is 0 Å². The summed E-state index contributed by atoms with van der Waals surface area (Å²) in [5.41, 5.74) is 0. The van der Waals surface area contributed by atoms with Crippen molar-refractivity contribution in [1.82, 2.24) is 21.3 Å². The SMILES string of the molecule is C1CNCCNCCNCCN1.[Gd]. The van der Waals surface area contributed by atoms with Crippen molar-refractivity contribution >= 4 is 0 Å². The van der Waals surface area contributed by atoms with Crippen molar-refractivity contribution in [2.45, 2.75) is 0 Å². The first-order chi connectivity index (χ1) is 6.00. The quantitative estimate of drug-likeness (QED) is 0.431. The van der Waals surface area contributed by atoms with E-state index in [0.717, 1.165) is 52.4 Å². The van der Waals surface area contributed by atoms with Crippen molar-refractivity contribution in [2.24, 2.45) is 0 Å². The first kappa shape index (κ1) is 14.2. The molecule has 0 radical (unpaired) electrons. The summed E-state index contributed by atoms with van der Waals surface area (Å²) in [6.45, 7) is 8.57. The molecule has 1 heterocycles. The summed E-state index contributed by atoms with van der Waals surface area (Å²) in [6.07, 6.45) is 0.